The minimum Gasteiger partial charge on any atom is -0.480 e. The second kappa shape index (κ2) is 6.89. The van der Waals surface area contributed by atoms with Gasteiger partial charge in [-0.05, 0) is 30.8 Å². The number of benzene rings is 1. The zero-order chi connectivity index (χ0) is 14.4. The normalized spacial score (nSPS) is 12.2. The molecule has 5 heteroatoms. The molecule has 0 heterocycles. The monoisotopic (exact) mass is 264 g/mol. The minimum absolute atomic E-state index is 0.147. The van der Waals surface area contributed by atoms with Crippen molar-refractivity contribution >= 4 is 17.6 Å². The Kier molecular flexibility index (Phi) is 5.51. The number of nitrogens with one attached hydrogen (secondary N) is 1. The standard InChI is InChI=1S/C14H20N2O3/c1-4-16(5-2)13(14(18)19)11-6-8-12(9-7-11)15-10(3)17/h6-9,13H,4-5H2,1-3H3,(H,15,17)(H,18,19). The molecule has 1 atom stereocenters. The van der Waals surface area contributed by atoms with Crippen LogP contribution in [0.2, 0.25) is 0 Å². The van der Waals surface area contributed by atoms with Crippen molar-refractivity contribution in [2.45, 2.75) is 26.8 Å². The molecule has 1 amide bonds. The van der Waals surface area contributed by atoms with Gasteiger partial charge in [-0.15, -0.1) is 0 Å². The van der Waals surface area contributed by atoms with E-state index in [-0.39, 0.29) is 5.91 Å². The minimum atomic E-state index is -0.865. The molecule has 0 aromatic heterocycles. The maximum Gasteiger partial charge on any atom is 0.325 e. The van der Waals surface area contributed by atoms with Crippen molar-refractivity contribution in [1.82, 2.24) is 4.90 Å². The number of anilines is 1. The second-order valence-electron chi connectivity index (χ2n) is 4.27. The molecule has 1 rings (SSSR count). The number of carboxylic acid groups (broad SMARTS) is 1. The van der Waals surface area contributed by atoms with E-state index in [1.807, 2.05) is 18.7 Å². The number of rotatable bonds is 6. The quantitative estimate of drug-likeness (QED) is 0.825. The van der Waals surface area contributed by atoms with Crippen molar-refractivity contribution < 1.29 is 14.7 Å². The van der Waals surface area contributed by atoms with Gasteiger partial charge in [0.25, 0.3) is 0 Å². The van der Waals surface area contributed by atoms with Crippen LogP contribution in [-0.2, 0) is 9.59 Å². The van der Waals surface area contributed by atoms with E-state index in [1.165, 1.54) is 6.92 Å². The molecule has 19 heavy (non-hydrogen) atoms. The third-order valence-corrected chi connectivity index (χ3v) is 2.96. The molecular formula is C14H20N2O3. The Bertz CT molecular complexity index is 439. The summed E-state index contributed by atoms with van der Waals surface area (Å²) in [7, 11) is 0. The molecule has 0 aliphatic carbocycles. The summed E-state index contributed by atoms with van der Waals surface area (Å²) in [6.45, 7) is 6.64. The predicted molar refractivity (Wildman–Crippen MR) is 74.0 cm³/mol. The lowest BCUT2D eigenvalue weighted by molar-refractivity contribution is -0.143. The molecular weight excluding hydrogens is 244 g/mol. The Morgan fingerprint density at radius 1 is 1.21 bits per heavy atom. The second-order valence-corrected chi connectivity index (χ2v) is 4.27. The molecule has 0 spiro atoms. The number of likely N-dealkylation sites (N-methyl/N-ethyl adjacent to an activating group) is 1. The van der Waals surface area contributed by atoms with E-state index in [1.54, 1.807) is 24.3 Å². The highest BCUT2D eigenvalue weighted by molar-refractivity contribution is 5.88. The van der Waals surface area contributed by atoms with Crippen LogP contribution in [0.25, 0.3) is 0 Å². The fraction of sp³-hybridized carbons (Fsp3) is 0.429. The summed E-state index contributed by atoms with van der Waals surface area (Å²) in [6.07, 6.45) is 0. The van der Waals surface area contributed by atoms with Gasteiger partial charge < -0.3 is 10.4 Å². The van der Waals surface area contributed by atoms with E-state index in [0.29, 0.717) is 24.3 Å². The Hall–Kier alpha value is -1.88. The van der Waals surface area contributed by atoms with Crippen LogP contribution >= 0.6 is 0 Å². The topological polar surface area (TPSA) is 69.6 Å². The molecule has 1 aromatic carbocycles. The first-order valence-corrected chi connectivity index (χ1v) is 6.34. The summed E-state index contributed by atoms with van der Waals surface area (Å²) in [5, 5.41) is 12.0. The average molecular weight is 264 g/mol. The summed E-state index contributed by atoms with van der Waals surface area (Å²) < 4.78 is 0. The van der Waals surface area contributed by atoms with Gasteiger partial charge in [0.15, 0.2) is 0 Å². The highest BCUT2D eigenvalue weighted by Crippen LogP contribution is 2.22. The van der Waals surface area contributed by atoms with Gasteiger partial charge in [0, 0.05) is 12.6 Å². The van der Waals surface area contributed by atoms with E-state index in [4.69, 9.17) is 0 Å². The molecule has 0 radical (unpaired) electrons. The van der Waals surface area contributed by atoms with Crippen LogP contribution in [0.3, 0.4) is 0 Å². The van der Waals surface area contributed by atoms with Crippen molar-refractivity contribution in [3.8, 4) is 0 Å². The Labute approximate surface area is 113 Å². The van der Waals surface area contributed by atoms with E-state index in [2.05, 4.69) is 5.32 Å². The van der Waals surface area contributed by atoms with Gasteiger partial charge in [0.05, 0.1) is 0 Å². The lowest BCUT2D eigenvalue weighted by Gasteiger charge is -2.26. The third kappa shape index (κ3) is 4.06. The molecule has 0 saturated heterocycles. The number of hydrogen-bond donors (Lipinski definition) is 2. The largest absolute Gasteiger partial charge is 0.480 e. The first-order valence-electron chi connectivity index (χ1n) is 6.34. The molecule has 5 nitrogen and oxygen atoms in total. The summed E-state index contributed by atoms with van der Waals surface area (Å²) in [6, 6.07) is 6.26. The predicted octanol–water partition coefficient (Wildman–Crippen LogP) is 2.11. The van der Waals surface area contributed by atoms with Crippen LogP contribution in [0.15, 0.2) is 24.3 Å². The van der Waals surface area contributed by atoms with Gasteiger partial charge >= 0.3 is 5.97 Å². The van der Waals surface area contributed by atoms with Crippen LogP contribution in [0.5, 0.6) is 0 Å². The molecule has 104 valence electrons. The van der Waals surface area contributed by atoms with Gasteiger partial charge in [-0.1, -0.05) is 26.0 Å². The molecule has 0 bridgehead atoms. The van der Waals surface area contributed by atoms with Crippen molar-refractivity contribution in [3.05, 3.63) is 29.8 Å². The summed E-state index contributed by atoms with van der Waals surface area (Å²) >= 11 is 0. The fourth-order valence-electron chi connectivity index (χ4n) is 2.05. The summed E-state index contributed by atoms with van der Waals surface area (Å²) in [5.41, 5.74) is 1.38. The van der Waals surface area contributed by atoms with Gasteiger partial charge in [-0.2, -0.15) is 0 Å². The first kappa shape index (κ1) is 15.2. The lowest BCUT2D eigenvalue weighted by Crippen LogP contribution is -2.33. The van der Waals surface area contributed by atoms with E-state index in [9.17, 15) is 14.7 Å². The number of carbonyl (C=O) groups excluding carboxylic acids is 1. The van der Waals surface area contributed by atoms with Gasteiger partial charge in [-0.3, -0.25) is 14.5 Å². The SMILES string of the molecule is CCN(CC)C(C(=O)O)c1ccc(NC(C)=O)cc1. The number of amides is 1. The molecule has 1 aromatic rings. The van der Waals surface area contributed by atoms with Gasteiger partial charge in [0.2, 0.25) is 5.91 Å². The Balaban J connectivity index is 2.97. The number of hydrogen-bond acceptors (Lipinski definition) is 3. The maximum absolute atomic E-state index is 11.4. The number of carboxylic acids is 1. The molecule has 0 saturated carbocycles. The zero-order valence-corrected chi connectivity index (χ0v) is 11.5. The van der Waals surface area contributed by atoms with E-state index in [0.717, 1.165) is 0 Å². The van der Waals surface area contributed by atoms with E-state index >= 15 is 0 Å². The highest BCUT2D eigenvalue weighted by atomic mass is 16.4. The number of aliphatic carboxylic acids is 1. The highest BCUT2D eigenvalue weighted by Gasteiger charge is 2.25. The van der Waals surface area contributed by atoms with Crippen molar-refractivity contribution in [2.24, 2.45) is 0 Å². The van der Waals surface area contributed by atoms with Crippen LogP contribution in [0, 0.1) is 0 Å². The molecule has 0 aliphatic heterocycles. The molecule has 1 unspecified atom stereocenters. The molecule has 0 fully saturated rings. The van der Waals surface area contributed by atoms with Crippen molar-refractivity contribution in [3.63, 3.8) is 0 Å². The number of carbonyl (C=O) groups is 2. The Morgan fingerprint density at radius 2 is 1.74 bits per heavy atom. The number of nitrogens with zero attached hydrogens (tertiary/aromatic N) is 1. The fourth-order valence-corrected chi connectivity index (χ4v) is 2.05. The van der Waals surface area contributed by atoms with Crippen molar-refractivity contribution in [1.29, 1.82) is 0 Å². The van der Waals surface area contributed by atoms with Crippen LogP contribution in [0.4, 0.5) is 5.69 Å². The zero-order valence-electron chi connectivity index (χ0n) is 11.5. The Morgan fingerprint density at radius 3 is 2.11 bits per heavy atom. The smallest absolute Gasteiger partial charge is 0.325 e. The van der Waals surface area contributed by atoms with Crippen LogP contribution < -0.4 is 5.32 Å². The third-order valence-electron chi connectivity index (χ3n) is 2.96. The molecule has 0 aliphatic rings. The van der Waals surface area contributed by atoms with E-state index < -0.39 is 12.0 Å². The van der Waals surface area contributed by atoms with Crippen LogP contribution in [0.1, 0.15) is 32.4 Å². The van der Waals surface area contributed by atoms with Gasteiger partial charge in [-0.25, -0.2) is 0 Å². The van der Waals surface area contributed by atoms with Gasteiger partial charge in [0.1, 0.15) is 6.04 Å². The first-order chi connectivity index (χ1) is 8.99. The molecule has 2 N–H and O–H groups in total. The van der Waals surface area contributed by atoms with Crippen LogP contribution in [-0.4, -0.2) is 35.0 Å². The maximum atomic E-state index is 11.4. The summed E-state index contributed by atoms with van der Waals surface area (Å²) in [4.78, 5) is 24.2. The average Bonchev–Trinajstić information content (AvgIpc) is 2.36. The van der Waals surface area contributed by atoms with Crippen molar-refractivity contribution in [2.75, 3.05) is 18.4 Å². The summed E-state index contributed by atoms with van der Waals surface area (Å²) in [5.74, 6) is -1.01. The lowest BCUT2D eigenvalue weighted by atomic mass is 10.0.